The highest BCUT2D eigenvalue weighted by Crippen LogP contribution is 2.18. The molecule has 0 radical (unpaired) electrons. The number of sulfone groups is 1. The Hall–Kier alpha value is -2.58. The SMILES string of the molecule is Cc1csc(CC(C)C(=O)N[C@@H](CS(C)(=O)=O)C(=O)N[C@H](CC(C)C)[C@@H](O)C[C@@H](C)C(=O)N[C@@H](C(=O)NCC(C)C)C(C)C)n1. The highest BCUT2D eigenvalue weighted by atomic mass is 32.2. The summed E-state index contributed by atoms with van der Waals surface area (Å²) in [7, 11) is -3.67. The van der Waals surface area contributed by atoms with E-state index in [1.165, 1.54) is 11.3 Å². The largest absolute Gasteiger partial charge is 0.391 e. The van der Waals surface area contributed by atoms with Crippen molar-refractivity contribution in [1.82, 2.24) is 26.3 Å². The standard InChI is InChI=1S/C31H55N5O7S2/c1-17(2)11-23(25(37)12-20(7)29(39)36-27(19(5)6)31(41)32-14-18(3)4)34-30(40)24(16-45(10,42)43)35-28(38)21(8)13-26-33-22(9)15-44-26/h15,17-21,23-25,27,37H,11-14,16H2,1-10H3,(H,32,41)(H,34,40)(H,35,38)(H,36,39)/t20-,21?,23-,24+,25+,27-/m1/s1. The molecule has 1 aromatic heterocycles. The molecule has 14 heteroatoms. The second-order valence-corrected chi connectivity index (χ2v) is 16.6. The minimum absolute atomic E-state index is 0.0186. The van der Waals surface area contributed by atoms with Crippen molar-refractivity contribution in [3.05, 3.63) is 16.1 Å². The van der Waals surface area contributed by atoms with Crippen LogP contribution in [0.1, 0.15) is 78.9 Å². The lowest BCUT2D eigenvalue weighted by Gasteiger charge is -2.30. The summed E-state index contributed by atoms with van der Waals surface area (Å²) in [5, 5.41) is 24.8. The van der Waals surface area contributed by atoms with Gasteiger partial charge in [0.25, 0.3) is 0 Å². The van der Waals surface area contributed by atoms with Crippen LogP contribution in [0.15, 0.2) is 5.38 Å². The number of thiazole rings is 1. The molecule has 0 saturated heterocycles. The Morgan fingerprint density at radius 3 is 1.93 bits per heavy atom. The fourth-order valence-electron chi connectivity index (χ4n) is 4.63. The van der Waals surface area contributed by atoms with Crippen molar-refractivity contribution in [2.24, 2.45) is 29.6 Å². The number of aryl methyl sites for hydroxylation is 1. The lowest BCUT2D eigenvalue weighted by Crippen LogP contribution is -2.56. The van der Waals surface area contributed by atoms with Gasteiger partial charge >= 0.3 is 0 Å². The second kappa shape index (κ2) is 18.5. The van der Waals surface area contributed by atoms with Gasteiger partial charge in [0.1, 0.15) is 21.9 Å². The van der Waals surface area contributed by atoms with Crippen molar-refractivity contribution < 1.29 is 32.7 Å². The van der Waals surface area contributed by atoms with Gasteiger partial charge in [-0.1, -0.05) is 55.4 Å². The molecule has 0 saturated carbocycles. The minimum atomic E-state index is -3.67. The lowest BCUT2D eigenvalue weighted by atomic mass is 9.91. The first-order chi connectivity index (χ1) is 20.7. The summed E-state index contributed by atoms with van der Waals surface area (Å²) in [5.74, 6) is -3.68. The third kappa shape index (κ3) is 15.5. The summed E-state index contributed by atoms with van der Waals surface area (Å²) in [4.78, 5) is 56.6. The van der Waals surface area contributed by atoms with Gasteiger partial charge in [-0.05, 0) is 37.5 Å². The molecule has 6 atom stereocenters. The summed E-state index contributed by atoms with van der Waals surface area (Å²) < 4.78 is 24.4. The van der Waals surface area contributed by atoms with E-state index in [1.807, 2.05) is 53.8 Å². The molecule has 45 heavy (non-hydrogen) atoms. The maximum Gasteiger partial charge on any atom is 0.243 e. The van der Waals surface area contributed by atoms with Gasteiger partial charge in [-0.3, -0.25) is 19.2 Å². The average Bonchev–Trinajstić information content (AvgIpc) is 3.31. The molecular weight excluding hydrogens is 619 g/mol. The van der Waals surface area contributed by atoms with Crippen LogP contribution in [-0.2, 0) is 35.4 Å². The van der Waals surface area contributed by atoms with Gasteiger partial charge in [0, 0.05) is 42.1 Å². The number of rotatable bonds is 19. The van der Waals surface area contributed by atoms with Gasteiger partial charge < -0.3 is 26.4 Å². The van der Waals surface area contributed by atoms with Crippen LogP contribution in [0.25, 0.3) is 0 Å². The first kappa shape index (κ1) is 40.4. The molecule has 1 heterocycles. The maximum absolute atomic E-state index is 13.4. The van der Waals surface area contributed by atoms with Crippen LogP contribution < -0.4 is 21.3 Å². The van der Waals surface area contributed by atoms with E-state index in [0.717, 1.165) is 17.0 Å². The third-order valence-electron chi connectivity index (χ3n) is 7.19. The number of hydrogen-bond donors (Lipinski definition) is 5. The predicted octanol–water partition coefficient (Wildman–Crippen LogP) is 1.99. The maximum atomic E-state index is 13.4. The van der Waals surface area contributed by atoms with E-state index in [0.29, 0.717) is 19.4 Å². The number of aromatic nitrogens is 1. The Kier molecular flexibility index (Phi) is 16.7. The first-order valence-corrected chi connectivity index (χ1v) is 18.6. The van der Waals surface area contributed by atoms with Crippen molar-refractivity contribution >= 4 is 44.8 Å². The molecule has 0 spiro atoms. The lowest BCUT2D eigenvalue weighted by molar-refractivity contribution is -0.133. The van der Waals surface area contributed by atoms with E-state index in [1.54, 1.807) is 13.8 Å². The normalized spacial score (nSPS) is 16.0. The van der Waals surface area contributed by atoms with Crippen LogP contribution in [0, 0.1) is 36.5 Å². The summed E-state index contributed by atoms with van der Waals surface area (Å²) in [6.07, 6.45) is 0.479. The zero-order chi connectivity index (χ0) is 34.6. The van der Waals surface area contributed by atoms with Crippen molar-refractivity contribution in [2.45, 2.75) is 106 Å². The molecule has 258 valence electrons. The van der Waals surface area contributed by atoms with E-state index in [9.17, 15) is 32.7 Å². The second-order valence-electron chi connectivity index (χ2n) is 13.5. The molecule has 1 unspecified atom stereocenters. The molecule has 0 aliphatic carbocycles. The van der Waals surface area contributed by atoms with E-state index < -0.39 is 69.4 Å². The fourth-order valence-corrected chi connectivity index (χ4v) is 6.38. The molecular formula is C31H55N5O7S2. The molecule has 0 fully saturated rings. The van der Waals surface area contributed by atoms with Crippen molar-refractivity contribution in [2.75, 3.05) is 18.6 Å². The van der Waals surface area contributed by atoms with Crippen LogP contribution in [0.4, 0.5) is 0 Å². The summed E-state index contributed by atoms with van der Waals surface area (Å²) in [6, 6.07) is -2.95. The number of hydrogen-bond acceptors (Lipinski definition) is 9. The van der Waals surface area contributed by atoms with Crippen molar-refractivity contribution in [1.29, 1.82) is 0 Å². The molecule has 0 aliphatic rings. The van der Waals surface area contributed by atoms with Crippen LogP contribution in [0.3, 0.4) is 0 Å². The zero-order valence-corrected chi connectivity index (χ0v) is 30.1. The molecule has 1 rings (SSSR count). The number of aliphatic hydroxyl groups is 1. The van der Waals surface area contributed by atoms with Gasteiger partial charge in [-0.15, -0.1) is 11.3 Å². The molecule has 12 nitrogen and oxygen atoms in total. The number of nitrogens with zero attached hydrogens (tertiary/aromatic N) is 1. The molecule has 1 aromatic rings. The van der Waals surface area contributed by atoms with Crippen LogP contribution in [-0.4, -0.2) is 84.9 Å². The predicted molar refractivity (Wildman–Crippen MR) is 177 cm³/mol. The van der Waals surface area contributed by atoms with Crippen LogP contribution >= 0.6 is 11.3 Å². The molecule has 0 aliphatic heterocycles. The molecule has 0 bridgehead atoms. The van der Waals surface area contributed by atoms with Crippen molar-refractivity contribution in [3.8, 4) is 0 Å². The van der Waals surface area contributed by atoms with Gasteiger partial charge in [0.15, 0.2) is 0 Å². The van der Waals surface area contributed by atoms with E-state index >= 15 is 0 Å². The summed E-state index contributed by atoms with van der Waals surface area (Å²) >= 11 is 1.42. The van der Waals surface area contributed by atoms with E-state index in [-0.39, 0.29) is 30.1 Å². The fraction of sp³-hybridized carbons (Fsp3) is 0.774. The van der Waals surface area contributed by atoms with Gasteiger partial charge in [0.05, 0.1) is 22.9 Å². The number of nitrogens with one attached hydrogen (secondary N) is 4. The van der Waals surface area contributed by atoms with E-state index in [2.05, 4.69) is 26.3 Å². The number of amides is 4. The van der Waals surface area contributed by atoms with Gasteiger partial charge in [-0.25, -0.2) is 13.4 Å². The van der Waals surface area contributed by atoms with Gasteiger partial charge in [-0.2, -0.15) is 0 Å². The zero-order valence-electron chi connectivity index (χ0n) is 28.5. The Morgan fingerprint density at radius 1 is 0.844 bits per heavy atom. The van der Waals surface area contributed by atoms with E-state index in [4.69, 9.17) is 0 Å². The van der Waals surface area contributed by atoms with Crippen molar-refractivity contribution in [3.63, 3.8) is 0 Å². The number of carbonyl (C=O) groups is 4. The highest BCUT2D eigenvalue weighted by molar-refractivity contribution is 7.90. The van der Waals surface area contributed by atoms with Crippen LogP contribution in [0.2, 0.25) is 0 Å². The molecule has 0 aromatic carbocycles. The summed E-state index contributed by atoms with van der Waals surface area (Å²) in [6.45, 7) is 17.1. The number of carbonyl (C=O) groups excluding carboxylic acids is 4. The number of aliphatic hydroxyl groups excluding tert-OH is 1. The first-order valence-electron chi connectivity index (χ1n) is 15.7. The third-order valence-corrected chi connectivity index (χ3v) is 9.12. The minimum Gasteiger partial charge on any atom is -0.391 e. The smallest absolute Gasteiger partial charge is 0.243 e. The summed E-state index contributed by atoms with van der Waals surface area (Å²) in [5.41, 5.74) is 0.838. The molecule has 4 amide bonds. The average molecular weight is 674 g/mol. The van der Waals surface area contributed by atoms with Gasteiger partial charge in [0.2, 0.25) is 23.6 Å². The molecule has 5 N–H and O–H groups in total. The monoisotopic (exact) mass is 673 g/mol. The van der Waals surface area contributed by atoms with Crippen LogP contribution in [0.5, 0.6) is 0 Å². The Labute approximate surface area is 273 Å². The topological polar surface area (TPSA) is 184 Å². The highest BCUT2D eigenvalue weighted by Gasteiger charge is 2.33. The Balaban J connectivity index is 3.01. The Bertz CT molecular complexity index is 1230. The Morgan fingerprint density at radius 2 is 1.44 bits per heavy atom. The quantitative estimate of drug-likeness (QED) is 0.148.